The van der Waals surface area contributed by atoms with E-state index in [9.17, 15) is 4.79 Å². The number of carbonyl (C=O) groups is 1. The highest BCUT2D eigenvalue weighted by atomic mass is 16.4. The molecule has 3 rings (SSSR count). The number of amides is 1. The van der Waals surface area contributed by atoms with Crippen molar-refractivity contribution in [3.8, 4) is 0 Å². The van der Waals surface area contributed by atoms with Crippen LogP contribution in [0.5, 0.6) is 0 Å². The van der Waals surface area contributed by atoms with Gasteiger partial charge in [-0.15, -0.1) is 10.2 Å². The van der Waals surface area contributed by atoms with Crippen LogP contribution in [0.2, 0.25) is 0 Å². The predicted octanol–water partition coefficient (Wildman–Crippen LogP) is 1.79. The second-order valence-electron chi connectivity index (χ2n) is 6.51. The molecule has 0 bridgehead atoms. The van der Waals surface area contributed by atoms with Crippen molar-refractivity contribution in [3.63, 3.8) is 0 Å². The molecule has 0 aromatic carbocycles. The molecule has 22 heavy (non-hydrogen) atoms. The summed E-state index contributed by atoms with van der Waals surface area (Å²) in [5, 5.41) is 7.85. The van der Waals surface area contributed by atoms with Crippen molar-refractivity contribution in [2.45, 2.75) is 38.5 Å². The maximum atomic E-state index is 12.5. The molecule has 2 aromatic rings. The molecule has 0 spiro atoms. The van der Waals surface area contributed by atoms with Crippen LogP contribution in [0.15, 0.2) is 22.9 Å². The molecule has 7 heteroatoms. The third-order valence-corrected chi connectivity index (χ3v) is 3.68. The second-order valence-corrected chi connectivity index (χ2v) is 6.51. The van der Waals surface area contributed by atoms with Crippen molar-refractivity contribution in [1.29, 1.82) is 0 Å². The second kappa shape index (κ2) is 5.47. The van der Waals surface area contributed by atoms with Gasteiger partial charge in [0.25, 0.3) is 0 Å². The third kappa shape index (κ3) is 2.84. The molecule has 1 fully saturated rings. The molecule has 1 aliphatic heterocycles. The van der Waals surface area contributed by atoms with E-state index in [0.717, 1.165) is 12.2 Å². The topological polar surface area (TPSA) is 85.0 Å². The van der Waals surface area contributed by atoms with Crippen LogP contribution in [-0.2, 0) is 5.41 Å². The van der Waals surface area contributed by atoms with E-state index in [2.05, 4.69) is 20.2 Å². The third-order valence-electron chi connectivity index (χ3n) is 3.68. The zero-order valence-electron chi connectivity index (χ0n) is 13.0. The largest absolute Gasteiger partial charge is 0.416 e. The van der Waals surface area contributed by atoms with Crippen molar-refractivity contribution in [2.75, 3.05) is 13.1 Å². The Balaban J connectivity index is 1.70. The number of hydrogen-bond donors (Lipinski definition) is 0. The number of nitrogens with zero attached hydrogens (tertiary/aromatic N) is 5. The number of aromatic nitrogens is 4. The summed E-state index contributed by atoms with van der Waals surface area (Å²) in [5.74, 6) is 1.24. The van der Waals surface area contributed by atoms with Crippen LogP contribution >= 0.6 is 0 Å². The molecule has 0 N–H and O–H groups in total. The minimum atomic E-state index is -0.267. The first-order valence-corrected chi connectivity index (χ1v) is 7.35. The standard InChI is InChI=1S/C15H19N5O2/c1-15(2,3)14-19-18-12(22-14)13(21)20-8-5-10(9-20)11-16-6-4-7-17-11/h4,6-7,10H,5,8-9H2,1-3H3. The zero-order valence-corrected chi connectivity index (χ0v) is 13.0. The fourth-order valence-electron chi connectivity index (χ4n) is 2.42. The van der Waals surface area contributed by atoms with Crippen LogP contribution in [0, 0.1) is 0 Å². The van der Waals surface area contributed by atoms with Crippen molar-refractivity contribution in [1.82, 2.24) is 25.1 Å². The lowest BCUT2D eigenvalue weighted by molar-refractivity contribution is 0.0747. The molecular formula is C15H19N5O2. The molecule has 7 nitrogen and oxygen atoms in total. The molecular weight excluding hydrogens is 282 g/mol. The van der Waals surface area contributed by atoms with Gasteiger partial charge in [0, 0.05) is 36.8 Å². The summed E-state index contributed by atoms with van der Waals surface area (Å²) >= 11 is 0. The van der Waals surface area contributed by atoms with Crippen LogP contribution in [0.4, 0.5) is 0 Å². The van der Waals surface area contributed by atoms with E-state index in [1.54, 1.807) is 23.4 Å². The maximum absolute atomic E-state index is 12.5. The SMILES string of the molecule is CC(C)(C)c1nnc(C(=O)N2CCC(c3ncccn3)C2)o1. The maximum Gasteiger partial charge on any atom is 0.311 e. The molecule has 116 valence electrons. The number of hydrogen-bond acceptors (Lipinski definition) is 6. The Morgan fingerprint density at radius 3 is 2.64 bits per heavy atom. The van der Waals surface area contributed by atoms with Gasteiger partial charge in [-0.2, -0.15) is 0 Å². The Bertz CT molecular complexity index is 662. The van der Waals surface area contributed by atoms with Crippen LogP contribution in [0.1, 0.15) is 55.5 Å². The molecule has 0 aliphatic carbocycles. The van der Waals surface area contributed by atoms with E-state index in [1.165, 1.54) is 0 Å². The molecule has 1 saturated heterocycles. The molecule has 0 saturated carbocycles. The number of carbonyl (C=O) groups excluding carboxylic acids is 1. The monoisotopic (exact) mass is 301 g/mol. The van der Waals surface area contributed by atoms with Crippen LogP contribution in [0.25, 0.3) is 0 Å². The molecule has 3 heterocycles. The van der Waals surface area contributed by atoms with E-state index in [1.807, 2.05) is 20.8 Å². The summed E-state index contributed by atoms with van der Waals surface area (Å²) in [6.45, 7) is 7.12. The van der Waals surface area contributed by atoms with E-state index >= 15 is 0 Å². The van der Waals surface area contributed by atoms with Gasteiger partial charge in [-0.25, -0.2) is 9.97 Å². The first kappa shape index (κ1) is 14.6. The highest BCUT2D eigenvalue weighted by Gasteiger charge is 2.33. The summed E-state index contributed by atoms with van der Waals surface area (Å²) in [5.41, 5.74) is -0.267. The molecule has 1 aliphatic rings. The smallest absolute Gasteiger partial charge is 0.311 e. The normalized spacial score (nSPS) is 18.7. The van der Waals surface area contributed by atoms with Crippen molar-refractivity contribution < 1.29 is 9.21 Å². The van der Waals surface area contributed by atoms with Gasteiger partial charge in [0.1, 0.15) is 5.82 Å². The summed E-state index contributed by atoms with van der Waals surface area (Å²) < 4.78 is 5.52. The first-order valence-electron chi connectivity index (χ1n) is 7.35. The molecule has 1 unspecified atom stereocenters. The zero-order chi connectivity index (χ0) is 15.7. The summed E-state index contributed by atoms with van der Waals surface area (Å²) in [7, 11) is 0. The van der Waals surface area contributed by atoms with Crippen molar-refractivity contribution in [2.24, 2.45) is 0 Å². The van der Waals surface area contributed by atoms with Gasteiger partial charge in [0.15, 0.2) is 0 Å². The summed E-state index contributed by atoms with van der Waals surface area (Å²) in [6.07, 6.45) is 4.29. The average molecular weight is 301 g/mol. The fourth-order valence-corrected chi connectivity index (χ4v) is 2.42. The van der Waals surface area contributed by atoms with Crippen LogP contribution < -0.4 is 0 Å². The molecule has 1 amide bonds. The Kier molecular flexibility index (Phi) is 3.64. The Hall–Kier alpha value is -2.31. The van der Waals surface area contributed by atoms with E-state index in [4.69, 9.17) is 4.42 Å². The van der Waals surface area contributed by atoms with Crippen LogP contribution in [0.3, 0.4) is 0 Å². The quantitative estimate of drug-likeness (QED) is 0.840. The van der Waals surface area contributed by atoms with Crippen molar-refractivity contribution >= 4 is 5.91 Å². The Labute approximate surface area is 128 Å². The number of rotatable bonds is 2. The molecule has 2 aromatic heterocycles. The van der Waals surface area contributed by atoms with Gasteiger partial charge in [-0.3, -0.25) is 4.79 Å². The molecule has 1 atom stereocenters. The minimum absolute atomic E-state index is 0.0551. The lowest BCUT2D eigenvalue weighted by atomic mass is 9.97. The summed E-state index contributed by atoms with van der Waals surface area (Å²) in [6, 6.07) is 1.79. The lowest BCUT2D eigenvalue weighted by Gasteiger charge is -2.14. The minimum Gasteiger partial charge on any atom is -0.416 e. The predicted molar refractivity (Wildman–Crippen MR) is 78.3 cm³/mol. The Morgan fingerprint density at radius 1 is 1.27 bits per heavy atom. The van der Waals surface area contributed by atoms with Gasteiger partial charge in [-0.05, 0) is 12.5 Å². The fraction of sp³-hybridized carbons (Fsp3) is 0.533. The van der Waals surface area contributed by atoms with Crippen LogP contribution in [-0.4, -0.2) is 44.1 Å². The molecule has 0 radical (unpaired) electrons. The van der Waals surface area contributed by atoms with E-state index in [0.29, 0.717) is 19.0 Å². The highest BCUT2D eigenvalue weighted by Crippen LogP contribution is 2.26. The van der Waals surface area contributed by atoms with Gasteiger partial charge in [0.05, 0.1) is 0 Å². The van der Waals surface area contributed by atoms with E-state index < -0.39 is 0 Å². The van der Waals surface area contributed by atoms with Gasteiger partial charge in [0.2, 0.25) is 5.89 Å². The Morgan fingerprint density at radius 2 is 2.00 bits per heavy atom. The average Bonchev–Trinajstić information content (AvgIpc) is 3.16. The van der Waals surface area contributed by atoms with Gasteiger partial charge >= 0.3 is 11.8 Å². The number of likely N-dealkylation sites (tertiary alicyclic amines) is 1. The van der Waals surface area contributed by atoms with Crippen molar-refractivity contribution in [3.05, 3.63) is 36.1 Å². The lowest BCUT2D eigenvalue weighted by Crippen LogP contribution is -2.29. The van der Waals surface area contributed by atoms with Gasteiger partial charge in [-0.1, -0.05) is 20.8 Å². The van der Waals surface area contributed by atoms with E-state index in [-0.39, 0.29) is 23.1 Å². The first-order chi connectivity index (χ1) is 10.4. The highest BCUT2D eigenvalue weighted by molar-refractivity contribution is 5.89. The van der Waals surface area contributed by atoms with Gasteiger partial charge < -0.3 is 9.32 Å². The summed E-state index contributed by atoms with van der Waals surface area (Å²) in [4.78, 5) is 22.7.